The molecule has 6 N–H and O–H groups in total. The van der Waals surface area contributed by atoms with Crippen LogP contribution in [0.3, 0.4) is 0 Å². The molecule has 0 spiro atoms. The van der Waals surface area contributed by atoms with Crippen LogP contribution in [0.4, 0.5) is 0 Å². The molecule has 2 saturated heterocycles. The lowest BCUT2D eigenvalue weighted by Crippen LogP contribution is -2.62. The third-order valence-corrected chi connectivity index (χ3v) is 6.47. The second kappa shape index (κ2) is 7.26. The van der Waals surface area contributed by atoms with Crippen LogP contribution in [0.5, 0.6) is 0 Å². The Morgan fingerprint density at radius 2 is 1.75 bits per heavy atom. The van der Waals surface area contributed by atoms with E-state index < -0.39 is 72.2 Å². The molecule has 0 amide bonds. The summed E-state index contributed by atoms with van der Waals surface area (Å²) in [4.78, 5) is 0. The summed E-state index contributed by atoms with van der Waals surface area (Å²) >= 11 is 0. The minimum atomic E-state index is -1.55. The molecule has 10 atom stereocenters. The third-order valence-electron chi connectivity index (χ3n) is 6.47. The summed E-state index contributed by atoms with van der Waals surface area (Å²) in [6.07, 6.45) is -5.72. The molecule has 0 aromatic rings. The number of rotatable bonds is 5. The maximum absolute atomic E-state index is 10.9. The fourth-order valence-corrected chi connectivity index (χ4v) is 4.69. The molecule has 0 aromatic heterocycles. The molecule has 0 radical (unpaired) electrons. The number of epoxide rings is 1. The molecule has 0 unspecified atom stereocenters. The average Bonchev–Trinajstić information content (AvgIpc) is 3.27. The molecule has 9 heteroatoms. The van der Waals surface area contributed by atoms with Crippen LogP contribution in [0.25, 0.3) is 0 Å². The monoisotopic (exact) mass is 404 g/mol. The standard InChI is InChI=1S/C19H32O9/c1-9(21)5-6-19-17(2,3)7-10(15(25)18(19,4)28-19)26-16-14(24)13(23)12(22)11(8-20)27-16/h5-6,9-16,20-25H,7-8H2,1-4H3/b6-5+/t9-,10-,11+,12+,13-,14+,15-,16+,18-,19+/m0/s1. The van der Waals surface area contributed by atoms with Crippen molar-refractivity contribution in [2.45, 2.75) is 94.3 Å². The predicted octanol–water partition coefficient (Wildman–Crippen LogP) is -1.57. The molecule has 3 rings (SSSR count). The van der Waals surface area contributed by atoms with Crippen LogP contribution >= 0.6 is 0 Å². The number of aliphatic hydroxyl groups is 6. The second-order valence-electron chi connectivity index (χ2n) is 8.95. The Labute approximate surface area is 164 Å². The van der Waals surface area contributed by atoms with Gasteiger partial charge in [-0.2, -0.15) is 0 Å². The Hall–Kier alpha value is -0.620. The highest BCUT2D eigenvalue weighted by atomic mass is 16.7. The molecule has 2 heterocycles. The average molecular weight is 404 g/mol. The number of hydrogen-bond acceptors (Lipinski definition) is 9. The van der Waals surface area contributed by atoms with Crippen molar-refractivity contribution in [3.63, 3.8) is 0 Å². The van der Waals surface area contributed by atoms with Gasteiger partial charge < -0.3 is 44.8 Å². The Balaban J connectivity index is 1.79. The van der Waals surface area contributed by atoms with E-state index in [2.05, 4.69) is 0 Å². The first kappa shape index (κ1) is 22.1. The fraction of sp³-hybridized carbons (Fsp3) is 0.895. The van der Waals surface area contributed by atoms with Gasteiger partial charge in [0.25, 0.3) is 0 Å². The van der Waals surface area contributed by atoms with E-state index in [0.717, 1.165) is 0 Å². The summed E-state index contributed by atoms with van der Waals surface area (Å²) < 4.78 is 17.2. The van der Waals surface area contributed by atoms with Gasteiger partial charge in [-0.1, -0.05) is 26.0 Å². The van der Waals surface area contributed by atoms with Gasteiger partial charge >= 0.3 is 0 Å². The van der Waals surface area contributed by atoms with Gasteiger partial charge in [-0.3, -0.25) is 0 Å². The highest BCUT2D eigenvalue weighted by Gasteiger charge is 2.79. The first-order valence-electron chi connectivity index (χ1n) is 9.62. The molecule has 2 aliphatic heterocycles. The summed E-state index contributed by atoms with van der Waals surface area (Å²) in [5, 5.41) is 59.9. The van der Waals surface area contributed by atoms with E-state index in [4.69, 9.17) is 14.2 Å². The molecular weight excluding hydrogens is 372 g/mol. The molecule has 1 aliphatic carbocycles. The predicted molar refractivity (Wildman–Crippen MR) is 96.1 cm³/mol. The van der Waals surface area contributed by atoms with Gasteiger partial charge in [0.1, 0.15) is 41.7 Å². The van der Waals surface area contributed by atoms with Crippen LogP contribution in [0.15, 0.2) is 12.2 Å². The van der Waals surface area contributed by atoms with Crippen molar-refractivity contribution in [3.05, 3.63) is 12.2 Å². The van der Waals surface area contributed by atoms with E-state index in [-0.39, 0.29) is 0 Å². The van der Waals surface area contributed by atoms with Gasteiger partial charge in [0.05, 0.1) is 18.8 Å². The smallest absolute Gasteiger partial charge is 0.187 e. The van der Waals surface area contributed by atoms with E-state index in [1.807, 2.05) is 13.8 Å². The number of fused-ring (bicyclic) bond motifs is 1. The van der Waals surface area contributed by atoms with Gasteiger partial charge in [0.15, 0.2) is 6.29 Å². The molecule has 0 bridgehead atoms. The summed E-state index contributed by atoms with van der Waals surface area (Å²) in [6, 6.07) is 0. The first-order valence-corrected chi connectivity index (χ1v) is 9.62. The Morgan fingerprint density at radius 3 is 2.32 bits per heavy atom. The lowest BCUT2D eigenvalue weighted by molar-refractivity contribution is -0.322. The van der Waals surface area contributed by atoms with Crippen LogP contribution in [-0.4, -0.2) is 97.5 Å². The number of aliphatic hydroxyl groups excluding tert-OH is 6. The summed E-state index contributed by atoms with van der Waals surface area (Å²) in [6.45, 7) is 6.75. The van der Waals surface area contributed by atoms with E-state index in [9.17, 15) is 30.6 Å². The molecule has 162 valence electrons. The highest BCUT2D eigenvalue weighted by Crippen LogP contribution is 2.66. The summed E-state index contributed by atoms with van der Waals surface area (Å²) in [5.74, 6) is 0. The van der Waals surface area contributed by atoms with Crippen molar-refractivity contribution >= 4 is 0 Å². The molecule has 3 fully saturated rings. The van der Waals surface area contributed by atoms with Gasteiger partial charge in [0, 0.05) is 5.41 Å². The SMILES string of the molecule is C[C@H](O)/C=C/[C@]12O[C@@]1(C)[C@@H](O)[C@@H](O[C@@H]1O[C@H](CO)[C@@H](O)[C@H](O)[C@H]1O)CC2(C)C. The zero-order valence-corrected chi connectivity index (χ0v) is 16.6. The van der Waals surface area contributed by atoms with Gasteiger partial charge in [-0.15, -0.1) is 0 Å². The summed E-state index contributed by atoms with van der Waals surface area (Å²) in [7, 11) is 0. The lowest BCUT2D eigenvalue weighted by Gasteiger charge is -2.46. The normalized spacial score (nSPS) is 51.7. The van der Waals surface area contributed by atoms with E-state index in [1.54, 1.807) is 26.0 Å². The third kappa shape index (κ3) is 3.23. The van der Waals surface area contributed by atoms with E-state index in [1.165, 1.54) is 0 Å². The highest BCUT2D eigenvalue weighted by molar-refractivity contribution is 5.35. The van der Waals surface area contributed by atoms with E-state index >= 15 is 0 Å². The summed E-state index contributed by atoms with van der Waals surface area (Å²) in [5.41, 5.74) is -2.21. The zero-order chi connectivity index (χ0) is 21.1. The second-order valence-corrected chi connectivity index (χ2v) is 8.95. The van der Waals surface area contributed by atoms with Crippen molar-refractivity contribution in [2.24, 2.45) is 5.41 Å². The largest absolute Gasteiger partial charge is 0.394 e. The fourth-order valence-electron chi connectivity index (χ4n) is 4.69. The minimum absolute atomic E-state index is 0.350. The van der Waals surface area contributed by atoms with Crippen molar-refractivity contribution in [2.75, 3.05) is 6.61 Å². The molecule has 9 nitrogen and oxygen atoms in total. The van der Waals surface area contributed by atoms with Gasteiger partial charge in [-0.05, 0) is 20.3 Å². The van der Waals surface area contributed by atoms with E-state index in [0.29, 0.717) is 6.42 Å². The molecule has 1 saturated carbocycles. The molecule has 0 aromatic carbocycles. The topological polar surface area (TPSA) is 152 Å². The lowest BCUT2D eigenvalue weighted by atomic mass is 9.62. The van der Waals surface area contributed by atoms with Crippen LogP contribution in [-0.2, 0) is 14.2 Å². The van der Waals surface area contributed by atoms with Crippen LogP contribution < -0.4 is 0 Å². The zero-order valence-electron chi connectivity index (χ0n) is 16.6. The van der Waals surface area contributed by atoms with Crippen molar-refractivity contribution in [3.8, 4) is 0 Å². The first-order chi connectivity index (χ1) is 12.9. The molecular formula is C19H32O9. The van der Waals surface area contributed by atoms with Crippen LogP contribution in [0.1, 0.15) is 34.1 Å². The van der Waals surface area contributed by atoms with Gasteiger partial charge in [-0.25, -0.2) is 0 Å². The van der Waals surface area contributed by atoms with Crippen LogP contribution in [0.2, 0.25) is 0 Å². The molecule has 28 heavy (non-hydrogen) atoms. The minimum Gasteiger partial charge on any atom is -0.394 e. The van der Waals surface area contributed by atoms with Gasteiger partial charge in [0.2, 0.25) is 0 Å². The Morgan fingerprint density at radius 1 is 1.11 bits per heavy atom. The quantitative estimate of drug-likeness (QED) is 0.236. The maximum atomic E-state index is 10.9. The number of ether oxygens (including phenoxy) is 3. The Bertz CT molecular complexity index is 606. The number of hydrogen-bond donors (Lipinski definition) is 6. The van der Waals surface area contributed by atoms with Crippen LogP contribution in [0, 0.1) is 5.41 Å². The van der Waals surface area contributed by atoms with Crippen molar-refractivity contribution < 1.29 is 44.8 Å². The Kier molecular flexibility index (Phi) is 5.72. The molecule has 3 aliphatic rings. The maximum Gasteiger partial charge on any atom is 0.187 e. The van der Waals surface area contributed by atoms with Crippen molar-refractivity contribution in [1.29, 1.82) is 0 Å². The van der Waals surface area contributed by atoms with Crippen molar-refractivity contribution in [1.82, 2.24) is 0 Å².